The highest BCUT2D eigenvalue weighted by Crippen LogP contribution is 2.06. The van der Waals surface area contributed by atoms with E-state index in [1.165, 1.54) is 0 Å². The fourth-order valence-corrected chi connectivity index (χ4v) is 3.77. The number of ether oxygens (including phenoxy) is 1. The Morgan fingerprint density at radius 2 is 1.76 bits per heavy atom. The average Bonchev–Trinajstić information content (AvgIpc) is 2.82. The average molecular weight is 464 g/mol. The molecule has 0 saturated carbocycles. The number of aromatic nitrogens is 1. The lowest BCUT2D eigenvalue weighted by atomic mass is 10.1. The van der Waals surface area contributed by atoms with E-state index >= 15 is 0 Å². The number of nitrogens with one attached hydrogen (secondary N) is 3. The van der Waals surface area contributed by atoms with Gasteiger partial charge in [0.2, 0.25) is 0 Å². The zero-order valence-electron chi connectivity index (χ0n) is 19.8. The maximum Gasteiger partial charge on any atom is 0.326 e. The van der Waals surface area contributed by atoms with Gasteiger partial charge < -0.3 is 21.1 Å². The molecule has 2 rings (SSSR count). The number of amides is 4. The molecule has 1 aromatic rings. The van der Waals surface area contributed by atoms with Gasteiger partial charge in [0.15, 0.2) is 0 Å². The Bertz CT molecular complexity index is 657. The predicted octanol–water partition coefficient (Wildman–Crippen LogP) is 1.83. The molecule has 1 fully saturated rings. The molecule has 186 valence electrons. The number of pyridine rings is 1. The van der Waals surface area contributed by atoms with Crippen molar-refractivity contribution in [1.82, 2.24) is 31.0 Å². The van der Waals surface area contributed by atoms with Gasteiger partial charge >= 0.3 is 12.1 Å². The Balaban J connectivity index is 1.43. The maximum atomic E-state index is 11.8. The molecule has 10 nitrogen and oxygen atoms in total. The molecule has 1 aliphatic rings. The van der Waals surface area contributed by atoms with Crippen LogP contribution < -0.4 is 21.8 Å². The number of urea groups is 2. The smallest absolute Gasteiger partial charge is 0.326 e. The van der Waals surface area contributed by atoms with Gasteiger partial charge in [0, 0.05) is 51.7 Å². The maximum absolute atomic E-state index is 11.8. The summed E-state index contributed by atoms with van der Waals surface area (Å²) in [6.07, 6.45) is 10.9. The molecule has 1 saturated heterocycles. The normalized spacial score (nSPS) is 14.2. The molecule has 0 atom stereocenters. The third-order valence-electron chi connectivity index (χ3n) is 5.59. The molecular formula is C23H41N7O3. The number of morpholine rings is 1. The van der Waals surface area contributed by atoms with E-state index in [1.807, 2.05) is 17.1 Å². The summed E-state index contributed by atoms with van der Waals surface area (Å²) in [5.74, 6) is 0. The van der Waals surface area contributed by atoms with E-state index in [-0.39, 0.29) is 6.03 Å². The molecule has 2 heterocycles. The van der Waals surface area contributed by atoms with Gasteiger partial charge in [-0.05, 0) is 37.4 Å². The number of unbranched alkanes of at least 4 members (excludes halogenated alkanes) is 5. The van der Waals surface area contributed by atoms with Crippen LogP contribution in [0.1, 0.15) is 50.5 Å². The highest BCUT2D eigenvalue weighted by molar-refractivity contribution is 5.73. The van der Waals surface area contributed by atoms with Crippen molar-refractivity contribution in [2.45, 2.75) is 51.5 Å². The molecule has 4 amide bonds. The first-order valence-corrected chi connectivity index (χ1v) is 12.2. The lowest BCUT2D eigenvalue weighted by Gasteiger charge is -2.28. The molecule has 10 heteroatoms. The van der Waals surface area contributed by atoms with Gasteiger partial charge in [0.05, 0.1) is 13.2 Å². The largest absolute Gasteiger partial charge is 0.379 e. The molecule has 0 aromatic carbocycles. The van der Waals surface area contributed by atoms with Gasteiger partial charge in [0.25, 0.3) is 0 Å². The molecule has 0 unspecified atom stereocenters. The number of carbonyl (C=O) groups excluding carboxylic acids is 2. The van der Waals surface area contributed by atoms with Crippen molar-refractivity contribution in [1.29, 1.82) is 0 Å². The van der Waals surface area contributed by atoms with E-state index in [1.54, 1.807) is 12.4 Å². The summed E-state index contributed by atoms with van der Waals surface area (Å²) in [5.41, 5.74) is 9.05. The number of carbonyl (C=O) groups is 2. The van der Waals surface area contributed by atoms with E-state index < -0.39 is 6.03 Å². The molecule has 5 N–H and O–H groups in total. The summed E-state index contributed by atoms with van der Waals surface area (Å²) in [6.45, 7) is 7.35. The Labute approximate surface area is 197 Å². The molecule has 33 heavy (non-hydrogen) atoms. The highest BCUT2D eigenvalue weighted by Gasteiger charge is 2.11. The minimum atomic E-state index is -0.502. The predicted molar refractivity (Wildman–Crippen MR) is 128 cm³/mol. The van der Waals surface area contributed by atoms with E-state index in [2.05, 4.69) is 25.9 Å². The van der Waals surface area contributed by atoms with Crippen LogP contribution in [0.5, 0.6) is 0 Å². The van der Waals surface area contributed by atoms with E-state index in [0.29, 0.717) is 13.1 Å². The van der Waals surface area contributed by atoms with Crippen LogP contribution in [0.2, 0.25) is 0 Å². The molecular weight excluding hydrogens is 422 g/mol. The van der Waals surface area contributed by atoms with Crippen LogP contribution in [-0.2, 0) is 11.3 Å². The van der Waals surface area contributed by atoms with Gasteiger partial charge in [-0.2, -0.15) is 0 Å². The van der Waals surface area contributed by atoms with E-state index in [9.17, 15) is 9.59 Å². The Kier molecular flexibility index (Phi) is 13.9. The van der Waals surface area contributed by atoms with E-state index in [0.717, 1.165) is 96.4 Å². The second-order valence-corrected chi connectivity index (χ2v) is 8.36. The lowest BCUT2D eigenvalue weighted by molar-refractivity contribution is 0.0355. The van der Waals surface area contributed by atoms with Gasteiger partial charge in [-0.1, -0.05) is 31.7 Å². The van der Waals surface area contributed by atoms with Crippen LogP contribution in [0, 0.1) is 0 Å². The Morgan fingerprint density at radius 1 is 1.03 bits per heavy atom. The van der Waals surface area contributed by atoms with Gasteiger partial charge in [-0.3, -0.25) is 15.3 Å². The fourth-order valence-electron chi connectivity index (χ4n) is 3.77. The van der Waals surface area contributed by atoms with Crippen LogP contribution in [0.15, 0.2) is 24.5 Å². The number of primary amides is 1. The number of hydrogen-bond acceptors (Lipinski definition) is 6. The lowest BCUT2D eigenvalue weighted by Crippen LogP contribution is -2.47. The van der Waals surface area contributed by atoms with Gasteiger partial charge in [-0.25, -0.2) is 14.6 Å². The van der Waals surface area contributed by atoms with E-state index in [4.69, 9.17) is 10.5 Å². The number of hydrogen-bond donors (Lipinski definition) is 4. The number of rotatable bonds is 16. The number of nitrogens with two attached hydrogens (primary N) is 1. The zero-order chi connectivity index (χ0) is 23.6. The zero-order valence-corrected chi connectivity index (χ0v) is 19.8. The van der Waals surface area contributed by atoms with Crippen LogP contribution in [0.4, 0.5) is 9.59 Å². The minimum Gasteiger partial charge on any atom is -0.379 e. The first-order chi connectivity index (χ1) is 16.1. The summed E-state index contributed by atoms with van der Waals surface area (Å²) >= 11 is 0. The summed E-state index contributed by atoms with van der Waals surface area (Å²) in [6, 6.07) is 3.14. The van der Waals surface area contributed by atoms with Gasteiger partial charge in [0.1, 0.15) is 0 Å². The summed E-state index contributed by atoms with van der Waals surface area (Å²) in [5, 5.41) is 7.67. The third-order valence-corrected chi connectivity index (χ3v) is 5.59. The van der Waals surface area contributed by atoms with Crippen LogP contribution in [-0.4, -0.2) is 79.4 Å². The number of hydrazine groups is 1. The number of nitrogens with zero attached hydrogens (tertiary/aromatic N) is 3. The summed E-state index contributed by atoms with van der Waals surface area (Å²) < 4.78 is 5.37. The van der Waals surface area contributed by atoms with Crippen molar-refractivity contribution in [2.75, 3.05) is 52.5 Å². The monoisotopic (exact) mass is 463 g/mol. The molecule has 0 radical (unpaired) electrons. The van der Waals surface area contributed by atoms with Gasteiger partial charge in [-0.15, -0.1) is 0 Å². The standard InChI is InChI=1S/C23H41N7O3/c24-22(31)28-30(14-8-12-29-15-17-33-18-16-29)13-6-4-2-1-3-5-11-26-23(32)27-20-21-9-7-10-25-19-21/h7,9-10,19H,1-6,8,11-18,20H2,(H3,24,28,31)(H2,26,27,32). The summed E-state index contributed by atoms with van der Waals surface area (Å²) in [4.78, 5) is 29.5. The Hall–Kier alpha value is -2.43. The summed E-state index contributed by atoms with van der Waals surface area (Å²) in [7, 11) is 0. The Morgan fingerprint density at radius 3 is 2.48 bits per heavy atom. The third kappa shape index (κ3) is 13.7. The molecule has 0 bridgehead atoms. The fraction of sp³-hybridized carbons (Fsp3) is 0.696. The van der Waals surface area contributed by atoms with Crippen LogP contribution in [0.25, 0.3) is 0 Å². The molecule has 1 aromatic heterocycles. The highest BCUT2D eigenvalue weighted by atomic mass is 16.5. The van der Waals surface area contributed by atoms with Crippen molar-refractivity contribution in [3.05, 3.63) is 30.1 Å². The second-order valence-electron chi connectivity index (χ2n) is 8.36. The van der Waals surface area contributed by atoms with Crippen molar-refractivity contribution in [3.63, 3.8) is 0 Å². The molecule has 1 aliphatic heterocycles. The van der Waals surface area contributed by atoms with Crippen LogP contribution >= 0.6 is 0 Å². The van der Waals surface area contributed by atoms with Crippen molar-refractivity contribution >= 4 is 12.1 Å². The topological polar surface area (TPSA) is 125 Å². The van der Waals surface area contributed by atoms with Crippen LogP contribution in [0.3, 0.4) is 0 Å². The quantitative estimate of drug-likeness (QED) is 0.219. The van der Waals surface area contributed by atoms with Crippen molar-refractivity contribution in [3.8, 4) is 0 Å². The molecule has 0 spiro atoms. The second kappa shape index (κ2) is 17.1. The molecule has 0 aliphatic carbocycles. The first-order valence-electron chi connectivity index (χ1n) is 12.2. The minimum absolute atomic E-state index is 0.144. The van der Waals surface area contributed by atoms with Crippen molar-refractivity contribution in [2.24, 2.45) is 5.73 Å². The first kappa shape index (κ1) is 26.8. The SMILES string of the molecule is NC(=O)NN(CCCCCCCCNC(=O)NCc1cccnc1)CCCN1CCOCC1. The van der Waals surface area contributed by atoms with Crippen molar-refractivity contribution < 1.29 is 14.3 Å².